The minimum absolute atomic E-state index is 0.0621. The summed E-state index contributed by atoms with van der Waals surface area (Å²) in [6, 6.07) is 0. The smallest absolute Gasteiger partial charge is 0.223 e. The highest BCUT2D eigenvalue weighted by molar-refractivity contribution is 7.92. The van der Waals surface area contributed by atoms with Crippen molar-refractivity contribution in [1.82, 2.24) is 4.31 Å². The standard InChI is InChI=1S/C9H20N2O2S2/c1-4-7-11(6-3)15(12,13)8(5-2)9(10)14/h8H,4-7H2,1-3H3,(H2,10,14). The van der Waals surface area contributed by atoms with E-state index in [1.54, 1.807) is 6.92 Å². The number of hydrogen-bond donors (Lipinski definition) is 1. The molecule has 0 aliphatic carbocycles. The van der Waals surface area contributed by atoms with Crippen molar-refractivity contribution in [2.75, 3.05) is 13.1 Å². The Kier molecular flexibility index (Phi) is 6.31. The number of sulfonamides is 1. The van der Waals surface area contributed by atoms with Crippen LogP contribution >= 0.6 is 12.2 Å². The Morgan fingerprint density at radius 1 is 1.40 bits per heavy atom. The van der Waals surface area contributed by atoms with E-state index >= 15 is 0 Å². The van der Waals surface area contributed by atoms with Gasteiger partial charge < -0.3 is 5.73 Å². The molecular formula is C9H20N2O2S2. The zero-order valence-corrected chi connectivity index (χ0v) is 11.2. The highest BCUT2D eigenvalue weighted by Gasteiger charge is 2.31. The molecule has 2 N–H and O–H groups in total. The molecular weight excluding hydrogens is 232 g/mol. The summed E-state index contributed by atoms with van der Waals surface area (Å²) in [7, 11) is -3.36. The van der Waals surface area contributed by atoms with Crippen molar-refractivity contribution in [3.63, 3.8) is 0 Å². The maximum Gasteiger partial charge on any atom is 0.223 e. The Hall–Kier alpha value is -0.200. The van der Waals surface area contributed by atoms with E-state index < -0.39 is 15.3 Å². The molecule has 0 radical (unpaired) electrons. The molecule has 0 aromatic heterocycles. The van der Waals surface area contributed by atoms with E-state index in [9.17, 15) is 8.42 Å². The highest BCUT2D eigenvalue weighted by Crippen LogP contribution is 2.13. The van der Waals surface area contributed by atoms with E-state index in [0.717, 1.165) is 6.42 Å². The van der Waals surface area contributed by atoms with E-state index in [4.69, 9.17) is 18.0 Å². The Labute approximate surface area is 97.9 Å². The molecule has 90 valence electrons. The van der Waals surface area contributed by atoms with Crippen LogP contribution in [0.5, 0.6) is 0 Å². The number of rotatable bonds is 7. The average Bonchev–Trinajstić information content (AvgIpc) is 2.13. The van der Waals surface area contributed by atoms with Crippen LogP contribution in [0.25, 0.3) is 0 Å². The van der Waals surface area contributed by atoms with Crippen molar-refractivity contribution < 1.29 is 8.42 Å². The second-order valence-corrected chi connectivity index (χ2v) is 5.92. The Morgan fingerprint density at radius 3 is 2.20 bits per heavy atom. The number of hydrogen-bond acceptors (Lipinski definition) is 3. The normalized spacial score (nSPS) is 14.1. The molecule has 0 bridgehead atoms. The molecule has 0 aromatic carbocycles. The van der Waals surface area contributed by atoms with Crippen LogP contribution in [0.15, 0.2) is 0 Å². The lowest BCUT2D eigenvalue weighted by atomic mass is 10.3. The van der Waals surface area contributed by atoms with Gasteiger partial charge in [-0.3, -0.25) is 0 Å². The predicted molar refractivity (Wildman–Crippen MR) is 67.3 cm³/mol. The zero-order chi connectivity index (χ0) is 12.1. The van der Waals surface area contributed by atoms with E-state index in [2.05, 4.69) is 0 Å². The van der Waals surface area contributed by atoms with Crippen LogP contribution in [0, 0.1) is 0 Å². The van der Waals surface area contributed by atoms with Crippen molar-refractivity contribution in [3.8, 4) is 0 Å². The molecule has 0 saturated carbocycles. The van der Waals surface area contributed by atoms with Gasteiger partial charge in [-0.15, -0.1) is 0 Å². The summed E-state index contributed by atoms with van der Waals surface area (Å²) in [5, 5.41) is -0.723. The summed E-state index contributed by atoms with van der Waals surface area (Å²) in [6.07, 6.45) is 1.22. The fourth-order valence-corrected chi connectivity index (χ4v) is 3.86. The molecule has 1 unspecified atom stereocenters. The first-order valence-electron chi connectivity index (χ1n) is 5.20. The van der Waals surface area contributed by atoms with Gasteiger partial charge in [0, 0.05) is 13.1 Å². The molecule has 0 rings (SSSR count). The Morgan fingerprint density at radius 2 is 1.93 bits per heavy atom. The second kappa shape index (κ2) is 6.40. The first-order valence-corrected chi connectivity index (χ1v) is 7.11. The third kappa shape index (κ3) is 3.70. The molecule has 0 amide bonds. The van der Waals surface area contributed by atoms with Crippen LogP contribution in [0.2, 0.25) is 0 Å². The summed E-state index contributed by atoms with van der Waals surface area (Å²) in [4.78, 5) is 0.0621. The average molecular weight is 252 g/mol. The van der Waals surface area contributed by atoms with E-state index in [1.807, 2.05) is 13.8 Å². The zero-order valence-electron chi connectivity index (χ0n) is 9.56. The third-order valence-corrected chi connectivity index (χ3v) is 5.13. The Bertz CT molecular complexity index is 301. The molecule has 0 aromatic rings. The van der Waals surface area contributed by atoms with Gasteiger partial charge in [0.05, 0.1) is 4.99 Å². The monoisotopic (exact) mass is 252 g/mol. The van der Waals surface area contributed by atoms with Crippen molar-refractivity contribution in [1.29, 1.82) is 0 Å². The van der Waals surface area contributed by atoms with Gasteiger partial charge in [-0.1, -0.05) is 33.0 Å². The van der Waals surface area contributed by atoms with Crippen molar-refractivity contribution >= 4 is 27.2 Å². The summed E-state index contributed by atoms with van der Waals surface area (Å²) in [5.74, 6) is 0. The second-order valence-electron chi connectivity index (χ2n) is 3.34. The maximum atomic E-state index is 12.1. The molecule has 0 saturated heterocycles. The first-order chi connectivity index (χ1) is 6.91. The summed E-state index contributed by atoms with van der Waals surface area (Å²) in [6.45, 7) is 6.54. The molecule has 4 nitrogen and oxygen atoms in total. The maximum absolute atomic E-state index is 12.1. The lowest BCUT2D eigenvalue weighted by molar-refractivity contribution is 0.423. The van der Waals surface area contributed by atoms with Gasteiger partial charge in [-0.05, 0) is 12.8 Å². The fourth-order valence-electron chi connectivity index (χ4n) is 1.45. The van der Waals surface area contributed by atoms with Gasteiger partial charge in [0.1, 0.15) is 5.25 Å². The van der Waals surface area contributed by atoms with E-state index in [-0.39, 0.29) is 4.99 Å². The lowest BCUT2D eigenvalue weighted by Crippen LogP contribution is -2.44. The van der Waals surface area contributed by atoms with Gasteiger partial charge in [-0.25, -0.2) is 12.7 Å². The van der Waals surface area contributed by atoms with Crippen LogP contribution in [0.4, 0.5) is 0 Å². The molecule has 0 aliphatic rings. The largest absolute Gasteiger partial charge is 0.392 e. The molecule has 1 atom stereocenters. The molecule has 6 heteroatoms. The summed E-state index contributed by atoms with van der Waals surface area (Å²) in [5.41, 5.74) is 5.45. The molecule has 0 spiro atoms. The van der Waals surface area contributed by atoms with Gasteiger partial charge in [0.2, 0.25) is 10.0 Å². The lowest BCUT2D eigenvalue weighted by Gasteiger charge is -2.24. The van der Waals surface area contributed by atoms with E-state index in [0.29, 0.717) is 19.5 Å². The highest BCUT2D eigenvalue weighted by atomic mass is 32.2. The SMILES string of the molecule is CCCN(CC)S(=O)(=O)C(CC)C(N)=S. The molecule has 15 heavy (non-hydrogen) atoms. The number of thiocarbonyl (C=S) groups is 1. The van der Waals surface area contributed by atoms with Crippen LogP contribution in [0.1, 0.15) is 33.6 Å². The van der Waals surface area contributed by atoms with Crippen LogP contribution in [0.3, 0.4) is 0 Å². The Balaban J connectivity index is 4.98. The first kappa shape index (κ1) is 14.8. The van der Waals surface area contributed by atoms with Crippen molar-refractivity contribution in [2.24, 2.45) is 5.73 Å². The van der Waals surface area contributed by atoms with Crippen molar-refractivity contribution in [3.05, 3.63) is 0 Å². The fraction of sp³-hybridized carbons (Fsp3) is 0.889. The van der Waals surface area contributed by atoms with Crippen LogP contribution in [-0.4, -0.2) is 36.1 Å². The van der Waals surface area contributed by atoms with Gasteiger partial charge in [-0.2, -0.15) is 0 Å². The topological polar surface area (TPSA) is 63.4 Å². The summed E-state index contributed by atoms with van der Waals surface area (Å²) >= 11 is 4.79. The number of nitrogens with zero attached hydrogens (tertiary/aromatic N) is 1. The quantitative estimate of drug-likeness (QED) is 0.690. The molecule has 0 fully saturated rings. The number of nitrogens with two attached hydrogens (primary N) is 1. The minimum atomic E-state index is -3.36. The van der Waals surface area contributed by atoms with Crippen LogP contribution < -0.4 is 5.73 Å². The molecule has 0 aliphatic heterocycles. The van der Waals surface area contributed by atoms with Gasteiger partial charge in [0.25, 0.3) is 0 Å². The minimum Gasteiger partial charge on any atom is -0.392 e. The predicted octanol–water partition coefficient (Wildman–Crippen LogP) is 1.11. The van der Waals surface area contributed by atoms with Crippen LogP contribution in [-0.2, 0) is 10.0 Å². The third-order valence-electron chi connectivity index (χ3n) is 2.23. The van der Waals surface area contributed by atoms with Gasteiger partial charge in [0.15, 0.2) is 0 Å². The van der Waals surface area contributed by atoms with Gasteiger partial charge >= 0.3 is 0 Å². The summed E-state index contributed by atoms with van der Waals surface area (Å²) < 4.78 is 25.6. The molecule has 0 heterocycles. The van der Waals surface area contributed by atoms with E-state index in [1.165, 1.54) is 4.31 Å². The van der Waals surface area contributed by atoms with Crippen molar-refractivity contribution in [2.45, 2.75) is 38.9 Å².